The van der Waals surface area contributed by atoms with Gasteiger partial charge in [0.2, 0.25) is 0 Å². The minimum Gasteiger partial charge on any atom is -0.0804 e. The Morgan fingerprint density at radius 1 is 0.875 bits per heavy atom. The third-order valence-electron chi connectivity index (χ3n) is 6.66. The van der Waals surface area contributed by atoms with E-state index in [0.29, 0.717) is 0 Å². The lowest BCUT2D eigenvalue weighted by Gasteiger charge is -2.29. The Kier molecular flexibility index (Phi) is 6.58. The number of hydrogen-bond donors (Lipinski definition) is 0. The molecule has 132 valence electrons. The van der Waals surface area contributed by atoms with Gasteiger partial charge in [0.1, 0.15) is 0 Å². The first-order chi connectivity index (χ1) is 11.8. The van der Waals surface area contributed by atoms with Gasteiger partial charge in [-0.2, -0.15) is 0 Å². The summed E-state index contributed by atoms with van der Waals surface area (Å²) < 4.78 is 0. The number of allylic oxidation sites excluding steroid dienone is 2. The Balaban J connectivity index is 1.55. The van der Waals surface area contributed by atoms with E-state index in [1.165, 1.54) is 76.2 Å². The summed E-state index contributed by atoms with van der Waals surface area (Å²) in [7, 11) is 0. The zero-order valence-corrected chi connectivity index (χ0v) is 15.9. The van der Waals surface area contributed by atoms with Crippen LogP contribution in [0.2, 0.25) is 0 Å². The van der Waals surface area contributed by atoms with Crippen LogP contribution in [0.4, 0.5) is 0 Å². The van der Waals surface area contributed by atoms with Crippen LogP contribution in [0, 0.1) is 11.8 Å². The Bertz CT molecular complexity index is 513. The monoisotopic (exact) mass is 324 g/mol. The maximum absolute atomic E-state index is 2.51. The molecule has 2 aliphatic rings. The summed E-state index contributed by atoms with van der Waals surface area (Å²) >= 11 is 0. The second-order valence-corrected chi connectivity index (χ2v) is 8.26. The summed E-state index contributed by atoms with van der Waals surface area (Å²) in [6, 6.07) is 9.66. The number of rotatable bonds is 6. The van der Waals surface area contributed by atoms with Crippen molar-refractivity contribution >= 4 is 5.57 Å². The SMILES string of the molecule is CCCCC1CCC(c2ccc(C3=CCC(CC)CC3)cc2)CC1. The summed E-state index contributed by atoms with van der Waals surface area (Å²) in [4.78, 5) is 0. The first-order valence-corrected chi connectivity index (χ1v) is 10.6. The average Bonchev–Trinajstić information content (AvgIpc) is 2.67. The Morgan fingerprint density at radius 2 is 1.62 bits per heavy atom. The number of benzene rings is 1. The van der Waals surface area contributed by atoms with Crippen LogP contribution < -0.4 is 0 Å². The van der Waals surface area contributed by atoms with Crippen LogP contribution in [-0.2, 0) is 0 Å². The molecule has 1 atom stereocenters. The summed E-state index contributed by atoms with van der Waals surface area (Å²) in [5.41, 5.74) is 4.66. The van der Waals surface area contributed by atoms with Crippen molar-refractivity contribution in [3.05, 3.63) is 41.5 Å². The summed E-state index contributed by atoms with van der Waals surface area (Å²) in [5, 5.41) is 0. The second-order valence-electron chi connectivity index (χ2n) is 8.26. The molecule has 1 saturated carbocycles. The van der Waals surface area contributed by atoms with Gasteiger partial charge in [0.25, 0.3) is 0 Å². The molecule has 0 N–H and O–H groups in total. The first kappa shape index (κ1) is 17.8. The van der Waals surface area contributed by atoms with Crippen LogP contribution in [0.5, 0.6) is 0 Å². The van der Waals surface area contributed by atoms with Crippen molar-refractivity contribution in [1.82, 2.24) is 0 Å². The van der Waals surface area contributed by atoms with Crippen molar-refractivity contribution in [2.24, 2.45) is 11.8 Å². The normalized spacial score (nSPS) is 27.8. The molecule has 0 amide bonds. The highest BCUT2D eigenvalue weighted by Gasteiger charge is 2.22. The van der Waals surface area contributed by atoms with Crippen LogP contribution in [-0.4, -0.2) is 0 Å². The van der Waals surface area contributed by atoms with Crippen LogP contribution in [0.3, 0.4) is 0 Å². The van der Waals surface area contributed by atoms with Gasteiger partial charge >= 0.3 is 0 Å². The lowest BCUT2D eigenvalue weighted by atomic mass is 9.77. The van der Waals surface area contributed by atoms with Gasteiger partial charge in [0.15, 0.2) is 0 Å². The minimum atomic E-state index is 0.821. The lowest BCUT2D eigenvalue weighted by molar-refractivity contribution is 0.304. The molecule has 24 heavy (non-hydrogen) atoms. The molecule has 0 saturated heterocycles. The molecule has 0 heteroatoms. The van der Waals surface area contributed by atoms with E-state index in [0.717, 1.165) is 17.8 Å². The van der Waals surface area contributed by atoms with E-state index >= 15 is 0 Å². The predicted octanol–water partition coefficient (Wildman–Crippen LogP) is 7.74. The maximum atomic E-state index is 2.51. The molecule has 0 heterocycles. The standard InChI is InChI=1S/C24H36/c1-3-5-6-20-9-13-22(14-10-20)24-17-15-23(16-18-24)21-11-7-19(4-2)8-12-21/h11,15-20,22H,3-10,12-14H2,1-2H3. The number of hydrogen-bond acceptors (Lipinski definition) is 0. The van der Waals surface area contributed by atoms with Gasteiger partial charge in [-0.05, 0) is 79.4 Å². The van der Waals surface area contributed by atoms with Crippen LogP contribution >= 0.6 is 0 Å². The minimum absolute atomic E-state index is 0.821. The van der Waals surface area contributed by atoms with Crippen molar-refractivity contribution in [2.75, 3.05) is 0 Å². The van der Waals surface area contributed by atoms with E-state index in [4.69, 9.17) is 0 Å². The lowest BCUT2D eigenvalue weighted by Crippen LogP contribution is -2.13. The summed E-state index contributed by atoms with van der Waals surface area (Å²) in [6.07, 6.45) is 17.8. The second kappa shape index (κ2) is 8.88. The zero-order chi connectivity index (χ0) is 16.8. The average molecular weight is 325 g/mol. The van der Waals surface area contributed by atoms with Gasteiger partial charge in [0, 0.05) is 0 Å². The molecule has 2 aliphatic carbocycles. The predicted molar refractivity (Wildman–Crippen MR) is 106 cm³/mol. The number of unbranched alkanes of at least 4 members (excludes halogenated alkanes) is 1. The molecule has 0 aromatic heterocycles. The topological polar surface area (TPSA) is 0 Å². The fraction of sp³-hybridized carbons (Fsp3) is 0.667. The van der Waals surface area contributed by atoms with E-state index in [2.05, 4.69) is 44.2 Å². The highest BCUT2D eigenvalue weighted by Crippen LogP contribution is 2.38. The third-order valence-corrected chi connectivity index (χ3v) is 6.66. The smallest absolute Gasteiger partial charge is 0.0162 e. The Morgan fingerprint density at radius 3 is 2.21 bits per heavy atom. The van der Waals surface area contributed by atoms with Gasteiger partial charge in [-0.3, -0.25) is 0 Å². The highest BCUT2D eigenvalue weighted by atomic mass is 14.3. The zero-order valence-electron chi connectivity index (χ0n) is 15.9. The van der Waals surface area contributed by atoms with Crippen molar-refractivity contribution in [3.8, 4) is 0 Å². The quantitative estimate of drug-likeness (QED) is 0.502. The van der Waals surface area contributed by atoms with Gasteiger partial charge in [-0.25, -0.2) is 0 Å². The summed E-state index contributed by atoms with van der Waals surface area (Å²) in [5.74, 6) is 2.76. The molecule has 0 spiro atoms. The van der Waals surface area contributed by atoms with Crippen molar-refractivity contribution in [1.29, 1.82) is 0 Å². The van der Waals surface area contributed by atoms with Crippen molar-refractivity contribution < 1.29 is 0 Å². The van der Waals surface area contributed by atoms with E-state index in [1.54, 1.807) is 11.1 Å². The highest BCUT2D eigenvalue weighted by molar-refractivity contribution is 5.66. The molecule has 1 unspecified atom stereocenters. The van der Waals surface area contributed by atoms with E-state index in [-0.39, 0.29) is 0 Å². The fourth-order valence-corrected chi connectivity index (χ4v) is 4.77. The van der Waals surface area contributed by atoms with Crippen molar-refractivity contribution in [2.45, 2.75) is 90.4 Å². The third kappa shape index (κ3) is 4.52. The van der Waals surface area contributed by atoms with Crippen LogP contribution in [0.1, 0.15) is 102 Å². The first-order valence-electron chi connectivity index (χ1n) is 10.6. The molecule has 3 rings (SSSR count). The molecule has 1 aromatic rings. The largest absolute Gasteiger partial charge is 0.0804 e. The van der Waals surface area contributed by atoms with Crippen LogP contribution in [0.15, 0.2) is 30.3 Å². The summed E-state index contributed by atoms with van der Waals surface area (Å²) in [6.45, 7) is 4.65. The molecule has 0 nitrogen and oxygen atoms in total. The van der Waals surface area contributed by atoms with E-state index in [1.807, 2.05) is 0 Å². The fourth-order valence-electron chi connectivity index (χ4n) is 4.77. The maximum Gasteiger partial charge on any atom is -0.0162 e. The van der Waals surface area contributed by atoms with Crippen LogP contribution in [0.25, 0.3) is 5.57 Å². The Labute approximate surface area is 149 Å². The van der Waals surface area contributed by atoms with Crippen molar-refractivity contribution in [3.63, 3.8) is 0 Å². The van der Waals surface area contributed by atoms with Gasteiger partial charge in [-0.1, -0.05) is 69.9 Å². The molecule has 0 radical (unpaired) electrons. The molecular weight excluding hydrogens is 288 g/mol. The molecule has 1 fully saturated rings. The van der Waals surface area contributed by atoms with E-state index < -0.39 is 0 Å². The molecule has 0 bridgehead atoms. The molecular formula is C24H36. The van der Waals surface area contributed by atoms with Gasteiger partial charge < -0.3 is 0 Å². The van der Waals surface area contributed by atoms with Gasteiger partial charge in [0.05, 0.1) is 0 Å². The molecule has 0 aliphatic heterocycles. The Hall–Kier alpha value is -1.04. The molecule has 1 aromatic carbocycles. The van der Waals surface area contributed by atoms with E-state index in [9.17, 15) is 0 Å². The van der Waals surface area contributed by atoms with Gasteiger partial charge in [-0.15, -0.1) is 0 Å².